The van der Waals surface area contributed by atoms with Gasteiger partial charge in [0.15, 0.2) is 0 Å². The van der Waals surface area contributed by atoms with Crippen LogP contribution in [0.2, 0.25) is 0 Å². The Labute approximate surface area is 259 Å². The van der Waals surface area contributed by atoms with E-state index in [0.29, 0.717) is 39.6 Å². The minimum atomic E-state index is -3.74. The van der Waals surface area contributed by atoms with Gasteiger partial charge in [0.2, 0.25) is 21.9 Å². The number of aromatic nitrogens is 2. The zero-order valence-corrected chi connectivity index (χ0v) is 26.1. The molecule has 3 N–H and O–H groups in total. The summed E-state index contributed by atoms with van der Waals surface area (Å²) in [7, 11) is -3.74. The summed E-state index contributed by atoms with van der Waals surface area (Å²) in [4.78, 5) is 13.5. The van der Waals surface area contributed by atoms with Crippen molar-refractivity contribution in [3.63, 3.8) is 0 Å². The van der Waals surface area contributed by atoms with E-state index in [1.54, 1.807) is 25.3 Å². The average molecular weight is 611 g/mol. The minimum Gasteiger partial charge on any atom is -0.437 e. The summed E-state index contributed by atoms with van der Waals surface area (Å²) in [6, 6.07) is 20.5. The number of aliphatic imine (C=N–C) groups is 1. The molecule has 10 heteroatoms. The van der Waals surface area contributed by atoms with Crippen LogP contribution in [0.5, 0.6) is 5.75 Å². The van der Waals surface area contributed by atoms with Crippen LogP contribution in [0.15, 0.2) is 96.0 Å². The molecule has 0 radical (unpaired) electrons. The van der Waals surface area contributed by atoms with E-state index in [4.69, 9.17) is 9.72 Å². The van der Waals surface area contributed by atoms with Crippen molar-refractivity contribution < 1.29 is 13.2 Å². The second-order valence-electron chi connectivity index (χ2n) is 10.7. The quantitative estimate of drug-likeness (QED) is 0.0991. The third-order valence-electron chi connectivity index (χ3n) is 7.66. The van der Waals surface area contributed by atoms with E-state index < -0.39 is 15.3 Å². The zero-order chi connectivity index (χ0) is 31.1. The van der Waals surface area contributed by atoms with Gasteiger partial charge in [0.25, 0.3) is 0 Å². The Kier molecular flexibility index (Phi) is 9.72. The highest BCUT2D eigenvalue weighted by Gasteiger charge is 2.24. The smallest absolute Gasteiger partial charge is 0.239 e. The first-order chi connectivity index (χ1) is 21.3. The van der Waals surface area contributed by atoms with Gasteiger partial charge in [0.05, 0.1) is 17.0 Å². The summed E-state index contributed by atoms with van der Waals surface area (Å²) in [5.74, 6) is 1.35. The average Bonchev–Trinajstić information content (AvgIpc) is 3.04. The molecule has 0 aliphatic carbocycles. The van der Waals surface area contributed by atoms with E-state index in [2.05, 4.69) is 32.0 Å². The third kappa shape index (κ3) is 6.98. The molecular formula is C34H38N6O3S. The molecule has 5 rings (SSSR count). The first-order valence-corrected chi connectivity index (χ1v) is 16.3. The number of nitrogens with zero attached hydrogens (tertiary/aromatic N) is 3. The Morgan fingerprint density at radius 2 is 1.93 bits per heavy atom. The van der Waals surface area contributed by atoms with Crippen molar-refractivity contribution in [3.8, 4) is 5.75 Å². The number of fused-ring (bicyclic) bond motifs is 1. The molecule has 9 nitrogen and oxygen atoms in total. The molecule has 1 saturated heterocycles. The molecule has 3 aromatic carbocycles. The number of rotatable bonds is 11. The van der Waals surface area contributed by atoms with Gasteiger partial charge in [-0.3, -0.25) is 4.72 Å². The standard InChI is InChI=1S/C34H38N6O3S/c1-5-11-29(30-19-21-37-34(39-30)38-26-14-10-20-36-22-26)33(35-4)43-32-23(2)17-18-27-28(32)15-9-16-31(27)40-44(41,42)24(3)25-12-7-6-8-13-25/h5-9,11-13,15-19,21,24,26,36,40H,4,10,14,20,22H2,1-3H3,(H,37,38,39)/b11-5-,33-29-/t24-,26+/m1/s1. The van der Waals surface area contributed by atoms with Crippen LogP contribution in [0.3, 0.4) is 0 Å². The van der Waals surface area contributed by atoms with E-state index in [1.807, 2.05) is 80.6 Å². The number of hydrogen-bond acceptors (Lipinski definition) is 8. The first kappa shape index (κ1) is 30.9. The number of allylic oxidation sites excluding steroid dienone is 3. The van der Waals surface area contributed by atoms with Crippen molar-refractivity contribution >= 4 is 44.7 Å². The van der Waals surface area contributed by atoms with Gasteiger partial charge in [-0.15, -0.1) is 0 Å². The molecule has 1 aliphatic rings. The summed E-state index contributed by atoms with van der Waals surface area (Å²) in [5, 5.41) is 7.50. The Morgan fingerprint density at radius 3 is 2.66 bits per heavy atom. The summed E-state index contributed by atoms with van der Waals surface area (Å²) in [6.45, 7) is 11.2. The van der Waals surface area contributed by atoms with Crippen molar-refractivity contribution in [2.24, 2.45) is 4.99 Å². The largest absolute Gasteiger partial charge is 0.437 e. The summed E-state index contributed by atoms with van der Waals surface area (Å²) < 4.78 is 36.1. The van der Waals surface area contributed by atoms with Gasteiger partial charge in [-0.05, 0) is 70.1 Å². The molecule has 0 unspecified atom stereocenters. The normalized spacial score (nSPS) is 16.8. The van der Waals surface area contributed by atoms with E-state index in [1.165, 1.54) is 0 Å². The van der Waals surface area contributed by atoms with E-state index >= 15 is 0 Å². The fourth-order valence-corrected chi connectivity index (χ4v) is 6.42. The Balaban J connectivity index is 1.50. The van der Waals surface area contributed by atoms with Crippen LogP contribution in [-0.4, -0.2) is 44.2 Å². The lowest BCUT2D eigenvalue weighted by atomic mass is 10.0. The number of sulfonamides is 1. The van der Waals surface area contributed by atoms with Gasteiger partial charge >= 0.3 is 0 Å². The van der Waals surface area contributed by atoms with Crippen molar-refractivity contribution in [1.29, 1.82) is 0 Å². The second-order valence-corrected chi connectivity index (χ2v) is 12.7. The van der Waals surface area contributed by atoms with E-state index in [-0.39, 0.29) is 11.9 Å². The molecule has 1 aromatic heterocycles. The molecular weight excluding hydrogens is 572 g/mol. The second kappa shape index (κ2) is 13.8. The first-order valence-electron chi connectivity index (χ1n) is 14.7. The topological polar surface area (TPSA) is 118 Å². The maximum atomic E-state index is 13.4. The molecule has 0 spiro atoms. The van der Waals surface area contributed by atoms with Gasteiger partial charge in [-0.25, -0.2) is 23.4 Å². The molecule has 0 bridgehead atoms. The van der Waals surface area contributed by atoms with Crippen LogP contribution in [-0.2, 0) is 10.0 Å². The number of aryl methyl sites for hydroxylation is 1. The number of ether oxygens (including phenoxy) is 1. The maximum Gasteiger partial charge on any atom is 0.239 e. The molecule has 228 valence electrons. The van der Waals surface area contributed by atoms with Crippen molar-refractivity contribution in [1.82, 2.24) is 15.3 Å². The lowest BCUT2D eigenvalue weighted by molar-refractivity contribution is 0.426. The number of anilines is 2. The maximum absolute atomic E-state index is 13.4. The molecule has 44 heavy (non-hydrogen) atoms. The molecule has 0 saturated carbocycles. The zero-order valence-electron chi connectivity index (χ0n) is 25.2. The van der Waals surface area contributed by atoms with Gasteiger partial charge in [-0.1, -0.05) is 66.7 Å². The van der Waals surface area contributed by atoms with Crippen LogP contribution in [0.1, 0.15) is 48.8 Å². The lowest BCUT2D eigenvalue weighted by Gasteiger charge is -2.23. The monoisotopic (exact) mass is 610 g/mol. The van der Waals surface area contributed by atoms with Crippen molar-refractivity contribution in [2.45, 2.75) is 44.9 Å². The number of piperidine rings is 1. The van der Waals surface area contributed by atoms with Crippen LogP contribution in [0.25, 0.3) is 16.3 Å². The van der Waals surface area contributed by atoms with Gasteiger partial charge in [-0.2, -0.15) is 0 Å². The fraction of sp³-hybridized carbons (Fsp3) is 0.265. The highest BCUT2D eigenvalue weighted by atomic mass is 32.2. The number of hydrogen-bond donors (Lipinski definition) is 3. The van der Waals surface area contributed by atoms with Crippen molar-refractivity contribution in [2.75, 3.05) is 23.1 Å². The lowest BCUT2D eigenvalue weighted by Crippen LogP contribution is -2.38. The summed E-state index contributed by atoms with van der Waals surface area (Å²) in [5.41, 5.74) is 3.30. The van der Waals surface area contributed by atoms with Crippen LogP contribution in [0, 0.1) is 6.92 Å². The fourth-order valence-electron chi connectivity index (χ4n) is 5.25. The Hall–Kier alpha value is -4.54. The highest BCUT2D eigenvalue weighted by molar-refractivity contribution is 7.92. The summed E-state index contributed by atoms with van der Waals surface area (Å²) in [6.07, 6.45) is 7.62. The van der Waals surface area contributed by atoms with Crippen LogP contribution in [0.4, 0.5) is 11.6 Å². The predicted molar refractivity (Wildman–Crippen MR) is 180 cm³/mol. The Bertz CT molecular complexity index is 1800. The molecule has 2 atom stereocenters. The number of benzene rings is 3. The minimum absolute atomic E-state index is 0.252. The van der Waals surface area contributed by atoms with Gasteiger partial charge in [0.1, 0.15) is 11.0 Å². The highest BCUT2D eigenvalue weighted by Crippen LogP contribution is 2.37. The molecule has 4 aromatic rings. The Morgan fingerprint density at radius 1 is 1.11 bits per heavy atom. The molecule has 1 fully saturated rings. The number of nitrogens with one attached hydrogen (secondary N) is 3. The van der Waals surface area contributed by atoms with E-state index in [0.717, 1.165) is 36.9 Å². The molecule has 0 amide bonds. The predicted octanol–water partition coefficient (Wildman–Crippen LogP) is 6.63. The van der Waals surface area contributed by atoms with Gasteiger partial charge < -0.3 is 15.4 Å². The molecule has 2 heterocycles. The van der Waals surface area contributed by atoms with Crippen LogP contribution < -0.4 is 20.1 Å². The van der Waals surface area contributed by atoms with E-state index in [9.17, 15) is 8.42 Å². The van der Waals surface area contributed by atoms with Crippen LogP contribution >= 0.6 is 0 Å². The van der Waals surface area contributed by atoms with Crippen molar-refractivity contribution in [3.05, 3.63) is 108 Å². The van der Waals surface area contributed by atoms with Gasteiger partial charge in [0, 0.05) is 29.6 Å². The SMILES string of the molecule is C=N/C(Oc1c(C)ccc2c(NS(=O)(=O)[C@H](C)c3ccccc3)cccc12)=C(\C=C/C)c1ccnc(N[C@H]2CCCNC2)n1. The summed E-state index contributed by atoms with van der Waals surface area (Å²) >= 11 is 0. The molecule has 1 aliphatic heterocycles. The third-order valence-corrected chi connectivity index (χ3v) is 9.37.